The average Bonchev–Trinajstić information content (AvgIpc) is 2.90. The van der Waals surface area contributed by atoms with Gasteiger partial charge in [-0.3, -0.25) is 4.79 Å². The van der Waals surface area contributed by atoms with E-state index in [1.54, 1.807) is 11.3 Å². The van der Waals surface area contributed by atoms with Crippen molar-refractivity contribution in [1.82, 2.24) is 5.32 Å². The number of nitrogens with one attached hydrogen (secondary N) is 1. The summed E-state index contributed by atoms with van der Waals surface area (Å²) in [5.74, 6) is 0.0602. The first-order valence-corrected chi connectivity index (χ1v) is 7.99. The zero-order valence-corrected chi connectivity index (χ0v) is 12.6. The number of carbonyl (C=O) groups excluding carboxylic acids is 1. The van der Waals surface area contributed by atoms with E-state index < -0.39 is 0 Å². The summed E-state index contributed by atoms with van der Waals surface area (Å²) in [6, 6.07) is 10.4. The number of carbonyl (C=O) groups is 1. The minimum atomic E-state index is 0.0602. The lowest BCUT2D eigenvalue weighted by Crippen LogP contribution is -2.21. The van der Waals surface area contributed by atoms with Gasteiger partial charge in [0.2, 0.25) is 0 Å². The maximum Gasteiger partial charge on any atom is 0.261 e. The molecule has 1 aliphatic rings. The van der Waals surface area contributed by atoms with Gasteiger partial charge in [-0.05, 0) is 49.8 Å². The summed E-state index contributed by atoms with van der Waals surface area (Å²) in [6.45, 7) is 2.67. The fourth-order valence-electron chi connectivity index (χ4n) is 2.58. The van der Waals surface area contributed by atoms with Gasteiger partial charge in [0.05, 0.1) is 4.88 Å². The zero-order valence-electron chi connectivity index (χ0n) is 11.7. The van der Waals surface area contributed by atoms with Crippen molar-refractivity contribution in [3.63, 3.8) is 0 Å². The van der Waals surface area contributed by atoms with Gasteiger partial charge in [0.1, 0.15) is 0 Å². The number of rotatable bonds is 3. The Kier molecular flexibility index (Phi) is 3.88. The van der Waals surface area contributed by atoms with Crippen LogP contribution in [0.4, 0.5) is 0 Å². The van der Waals surface area contributed by atoms with Crippen molar-refractivity contribution in [3.8, 4) is 0 Å². The number of hydrogen-bond donors (Lipinski definition) is 1. The number of aryl methyl sites for hydroxylation is 3. The maximum absolute atomic E-state index is 12.2. The number of amides is 1. The minimum absolute atomic E-state index is 0.0602. The topological polar surface area (TPSA) is 29.1 Å². The summed E-state index contributed by atoms with van der Waals surface area (Å²) in [5, 5.41) is 3.02. The van der Waals surface area contributed by atoms with Crippen LogP contribution in [0.1, 0.15) is 44.1 Å². The third-order valence-electron chi connectivity index (χ3n) is 3.79. The minimum Gasteiger partial charge on any atom is -0.347 e. The summed E-state index contributed by atoms with van der Waals surface area (Å²) >= 11 is 1.67. The second kappa shape index (κ2) is 5.80. The van der Waals surface area contributed by atoms with Crippen LogP contribution in [0.2, 0.25) is 0 Å². The Morgan fingerprint density at radius 2 is 1.95 bits per heavy atom. The molecule has 104 valence electrons. The van der Waals surface area contributed by atoms with E-state index in [1.165, 1.54) is 28.8 Å². The fourth-order valence-corrected chi connectivity index (χ4v) is 3.75. The van der Waals surface area contributed by atoms with Crippen LogP contribution in [0.25, 0.3) is 0 Å². The number of benzene rings is 1. The third-order valence-corrected chi connectivity index (χ3v) is 5.03. The van der Waals surface area contributed by atoms with Crippen LogP contribution in [-0.4, -0.2) is 5.91 Å². The van der Waals surface area contributed by atoms with E-state index in [1.807, 2.05) is 0 Å². The third kappa shape index (κ3) is 2.93. The molecule has 1 heterocycles. The van der Waals surface area contributed by atoms with Crippen molar-refractivity contribution >= 4 is 17.2 Å². The van der Waals surface area contributed by atoms with Crippen LogP contribution in [0.3, 0.4) is 0 Å². The van der Waals surface area contributed by atoms with E-state index in [9.17, 15) is 4.79 Å². The van der Waals surface area contributed by atoms with Crippen LogP contribution in [0.5, 0.6) is 0 Å². The van der Waals surface area contributed by atoms with Crippen LogP contribution in [0, 0.1) is 6.92 Å². The summed E-state index contributed by atoms with van der Waals surface area (Å²) in [4.78, 5) is 14.5. The Balaban J connectivity index is 1.64. The SMILES string of the molecule is Cc1ccc(CNC(=O)c2cc3c(s2)CCCC3)cc1. The van der Waals surface area contributed by atoms with E-state index in [-0.39, 0.29) is 5.91 Å². The lowest BCUT2D eigenvalue weighted by atomic mass is 9.99. The highest BCUT2D eigenvalue weighted by Crippen LogP contribution is 2.29. The largest absolute Gasteiger partial charge is 0.347 e. The van der Waals surface area contributed by atoms with Gasteiger partial charge in [-0.15, -0.1) is 11.3 Å². The fraction of sp³-hybridized carbons (Fsp3) is 0.353. The summed E-state index contributed by atoms with van der Waals surface area (Å²) in [6.07, 6.45) is 4.80. The Bertz CT molecular complexity index is 589. The molecule has 1 amide bonds. The Hall–Kier alpha value is -1.61. The molecule has 1 aromatic heterocycles. The van der Waals surface area contributed by atoms with Gasteiger partial charge in [0, 0.05) is 11.4 Å². The molecule has 1 N–H and O–H groups in total. The summed E-state index contributed by atoms with van der Waals surface area (Å²) in [7, 11) is 0. The Labute approximate surface area is 123 Å². The van der Waals surface area contributed by atoms with Gasteiger partial charge in [0.25, 0.3) is 5.91 Å². The lowest BCUT2D eigenvalue weighted by molar-refractivity contribution is 0.0955. The second-order valence-electron chi connectivity index (χ2n) is 5.43. The Morgan fingerprint density at radius 1 is 1.20 bits per heavy atom. The van der Waals surface area contributed by atoms with Crippen LogP contribution in [-0.2, 0) is 19.4 Å². The molecule has 0 atom stereocenters. The predicted octanol–water partition coefficient (Wildman–Crippen LogP) is 3.87. The first kappa shape index (κ1) is 13.4. The van der Waals surface area contributed by atoms with E-state index in [0.29, 0.717) is 6.54 Å². The predicted molar refractivity (Wildman–Crippen MR) is 83.3 cm³/mol. The van der Waals surface area contributed by atoms with Crippen molar-refractivity contribution in [2.45, 2.75) is 39.2 Å². The van der Waals surface area contributed by atoms with Crippen molar-refractivity contribution in [2.24, 2.45) is 0 Å². The molecule has 3 heteroatoms. The Morgan fingerprint density at radius 3 is 2.70 bits per heavy atom. The van der Waals surface area contributed by atoms with E-state index in [4.69, 9.17) is 0 Å². The quantitative estimate of drug-likeness (QED) is 0.911. The molecule has 0 saturated carbocycles. The monoisotopic (exact) mass is 285 g/mol. The smallest absolute Gasteiger partial charge is 0.261 e. The maximum atomic E-state index is 12.2. The van der Waals surface area contributed by atoms with Crippen LogP contribution < -0.4 is 5.32 Å². The molecule has 1 aliphatic carbocycles. The van der Waals surface area contributed by atoms with Gasteiger partial charge >= 0.3 is 0 Å². The summed E-state index contributed by atoms with van der Waals surface area (Å²) in [5.41, 5.74) is 3.78. The molecule has 1 aromatic carbocycles. The van der Waals surface area contributed by atoms with Crippen LogP contribution >= 0.6 is 11.3 Å². The number of hydrogen-bond acceptors (Lipinski definition) is 2. The summed E-state index contributed by atoms with van der Waals surface area (Å²) < 4.78 is 0. The first-order valence-electron chi connectivity index (χ1n) is 7.18. The van der Waals surface area contributed by atoms with Crippen molar-refractivity contribution in [1.29, 1.82) is 0 Å². The molecule has 2 aromatic rings. The van der Waals surface area contributed by atoms with Crippen molar-refractivity contribution in [3.05, 3.63) is 56.8 Å². The van der Waals surface area contributed by atoms with Gasteiger partial charge in [-0.1, -0.05) is 29.8 Å². The van der Waals surface area contributed by atoms with E-state index in [0.717, 1.165) is 23.3 Å². The van der Waals surface area contributed by atoms with Crippen molar-refractivity contribution < 1.29 is 4.79 Å². The molecular weight excluding hydrogens is 266 g/mol. The lowest BCUT2D eigenvalue weighted by Gasteiger charge is -2.08. The molecule has 0 aliphatic heterocycles. The molecule has 0 radical (unpaired) electrons. The van der Waals surface area contributed by atoms with Crippen molar-refractivity contribution in [2.75, 3.05) is 0 Å². The molecule has 2 nitrogen and oxygen atoms in total. The highest BCUT2D eigenvalue weighted by atomic mass is 32.1. The molecule has 0 fully saturated rings. The second-order valence-corrected chi connectivity index (χ2v) is 6.57. The standard InChI is InChI=1S/C17H19NOS/c1-12-6-8-13(9-7-12)11-18-17(19)16-10-14-4-2-3-5-15(14)20-16/h6-10H,2-5,11H2,1H3,(H,18,19). The molecule has 3 rings (SSSR count). The van der Waals surface area contributed by atoms with E-state index in [2.05, 4.69) is 42.6 Å². The van der Waals surface area contributed by atoms with Gasteiger partial charge < -0.3 is 5.32 Å². The van der Waals surface area contributed by atoms with Crippen LogP contribution in [0.15, 0.2) is 30.3 Å². The number of fused-ring (bicyclic) bond motifs is 1. The molecule has 0 unspecified atom stereocenters. The first-order chi connectivity index (χ1) is 9.72. The van der Waals surface area contributed by atoms with Gasteiger partial charge in [-0.2, -0.15) is 0 Å². The molecule has 0 bridgehead atoms. The van der Waals surface area contributed by atoms with Gasteiger partial charge in [0.15, 0.2) is 0 Å². The van der Waals surface area contributed by atoms with Gasteiger partial charge in [-0.25, -0.2) is 0 Å². The normalized spacial score (nSPS) is 13.8. The molecular formula is C17H19NOS. The molecule has 20 heavy (non-hydrogen) atoms. The molecule has 0 saturated heterocycles. The highest BCUT2D eigenvalue weighted by Gasteiger charge is 2.16. The average molecular weight is 285 g/mol. The zero-order chi connectivity index (χ0) is 13.9. The van der Waals surface area contributed by atoms with E-state index >= 15 is 0 Å². The number of thiophene rings is 1. The highest BCUT2D eigenvalue weighted by molar-refractivity contribution is 7.14. The molecule has 0 spiro atoms.